The number of H-pyrrole nitrogens is 1. The van der Waals surface area contributed by atoms with Gasteiger partial charge in [0.2, 0.25) is 11.6 Å². The average Bonchev–Trinajstić information content (AvgIpc) is 3.05. The third-order valence-corrected chi connectivity index (χ3v) is 5.22. The van der Waals surface area contributed by atoms with Gasteiger partial charge in [0.05, 0.1) is 0 Å². The molecule has 0 radical (unpaired) electrons. The standard InChI is InChI=1S/C20H21N3O3S/c1-3-15-9-7-8-14(2)18(15)21-17(24)12-13-27-19-20(25)26-22-23(19)16-10-5-4-6-11-16/h4-11H,3,12-13H2,1-2H3,(H-,21,22,24,25)/p+1. The van der Waals surface area contributed by atoms with Crippen molar-refractivity contribution in [2.75, 3.05) is 11.1 Å². The number of amides is 1. The first-order valence-electron chi connectivity index (χ1n) is 8.80. The summed E-state index contributed by atoms with van der Waals surface area (Å²) in [5, 5.41) is 6.02. The molecule has 0 atom stereocenters. The van der Waals surface area contributed by atoms with Crippen molar-refractivity contribution in [2.24, 2.45) is 0 Å². The highest BCUT2D eigenvalue weighted by atomic mass is 32.2. The molecule has 0 aliphatic carbocycles. The fourth-order valence-corrected chi connectivity index (χ4v) is 3.69. The summed E-state index contributed by atoms with van der Waals surface area (Å²) < 4.78 is 6.50. The third kappa shape index (κ3) is 4.49. The second-order valence-corrected chi connectivity index (χ2v) is 7.15. The van der Waals surface area contributed by atoms with Crippen LogP contribution in [0.2, 0.25) is 0 Å². The van der Waals surface area contributed by atoms with Gasteiger partial charge in [-0.3, -0.25) is 9.32 Å². The summed E-state index contributed by atoms with van der Waals surface area (Å²) in [5.74, 6) is 0.395. The molecule has 0 aliphatic rings. The van der Waals surface area contributed by atoms with E-state index >= 15 is 0 Å². The molecule has 7 heteroatoms. The van der Waals surface area contributed by atoms with Crippen molar-refractivity contribution >= 4 is 23.4 Å². The number of benzene rings is 2. The molecule has 0 unspecified atom stereocenters. The molecule has 0 saturated carbocycles. The Hall–Kier alpha value is -2.80. The fraction of sp³-hybridized carbons (Fsp3) is 0.250. The van der Waals surface area contributed by atoms with Crippen LogP contribution in [0.15, 0.2) is 62.9 Å². The second-order valence-electron chi connectivity index (χ2n) is 6.07. The number of nitrogens with one attached hydrogen (secondary N) is 2. The van der Waals surface area contributed by atoms with E-state index in [0.29, 0.717) is 17.2 Å². The lowest BCUT2D eigenvalue weighted by Crippen LogP contribution is -2.36. The van der Waals surface area contributed by atoms with Crippen LogP contribution in [0.25, 0.3) is 5.69 Å². The Morgan fingerprint density at radius 3 is 2.70 bits per heavy atom. The van der Waals surface area contributed by atoms with Gasteiger partial charge in [0.15, 0.2) is 0 Å². The second kappa shape index (κ2) is 8.73. The molecule has 1 heterocycles. The Bertz CT molecular complexity index is 980. The van der Waals surface area contributed by atoms with Gasteiger partial charge in [0.1, 0.15) is 0 Å². The van der Waals surface area contributed by atoms with Gasteiger partial charge in [-0.05, 0) is 46.2 Å². The van der Waals surface area contributed by atoms with E-state index in [1.807, 2.05) is 55.5 Å². The lowest BCUT2D eigenvalue weighted by molar-refractivity contribution is -0.704. The van der Waals surface area contributed by atoms with E-state index in [-0.39, 0.29) is 5.91 Å². The summed E-state index contributed by atoms with van der Waals surface area (Å²) in [6, 6.07) is 15.4. The summed E-state index contributed by atoms with van der Waals surface area (Å²) in [4.78, 5) is 24.3. The molecule has 0 saturated heterocycles. The van der Waals surface area contributed by atoms with Gasteiger partial charge in [0.25, 0.3) is 0 Å². The van der Waals surface area contributed by atoms with Crippen LogP contribution < -0.4 is 15.6 Å². The van der Waals surface area contributed by atoms with Crippen LogP contribution in [0.4, 0.5) is 5.69 Å². The molecule has 0 bridgehead atoms. The first-order valence-corrected chi connectivity index (χ1v) is 9.78. The van der Waals surface area contributed by atoms with E-state index in [2.05, 4.69) is 17.5 Å². The normalized spacial score (nSPS) is 10.7. The molecule has 0 aliphatic heterocycles. The van der Waals surface area contributed by atoms with E-state index in [1.54, 1.807) is 4.68 Å². The van der Waals surface area contributed by atoms with E-state index < -0.39 is 5.63 Å². The number of aryl methyl sites for hydroxylation is 2. The van der Waals surface area contributed by atoms with Gasteiger partial charge < -0.3 is 5.32 Å². The van der Waals surface area contributed by atoms with Crippen LogP contribution in [0.1, 0.15) is 24.5 Å². The Balaban J connectivity index is 1.64. The number of thioether (sulfide) groups is 1. The molecule has 2 aromatic carbocycles. The number of anilines is 1. The quantitative estimate of drug-likeness (QED) is 0.484. The fourth-order valence-electron chi connectivity index (χ4n) is 2.78. The molecular formula is C20H22N3O3S+. The van der Waals surface area contributed by atoms with Crippen LogP contribution in [-0.4, -0.2) is 16.9 Å². The molecular weight excluding hydrogens is 362 g/mol. The number of hydrogen-bond donors (Lipinski definition) is 2. The average molecular weight is 384 g/mol. The molecule has 3 rings (SSSR count). The predicted octanol–water partition coefficient (Wildman–Crippen LogP) is 3.24. The number of carbonyl (C=O) groups is 1. The highest BCUT2D eigenvalue weighted by Crippen LogP contribution is 2.21. The summed E-state index contributed by atoms with van der Waals surface area (Å²) >= 11 is 1.29. The minimum atomic E-state index is -0.448. The highest BCUT2D eigenvalue weighted by Gasteiger charge is 2.23. The zero-order chi connectivity index (χ0) is 19.2. The maximum Gasteiger partial charge on any atom is 0.442 e. The van der Waals surface area contributed by atoms with E-state index in [9.17, 15) is 9.59 Å². The van der Waals surface area contributed by atoms with Crippen LogP contribution in [0.5, 0.6) is 0 Å². The number of rotatable bonds is 7. The maximum atomic E-state index is 12.4. The van der Waals surface area contributed by atoms with Gasteiger partial charge in [-0.1, -0.05) is 43.3 Å². The van der Waals surface area contributed by atoms with Gasteiger partial charge in [-0.15, -0.1) is 0 Å². The Morgan fingerprint density at radius 1 is 1.19 bits per heavy atom. The van der Waals surface area contributed by atoms with E-state index in [1.165, 1.54) is 11.8 Å². The molecule has 140 valence electrons. The van der Waals surface area contributed by atoms with E-state index in [4.69, 9.17) is 4.52 Å². The van der Waals surface area contributed by atoms with Crippen molar-refractivity contribution in [3.8, 4) is 5.69 Å². The minimum Gasteiger partial charge on any atom is -0.326 e. The SMILES string of the molecule is CCc1cccc(C)c1NC(=O)CCSc1c(=O)o[nH][n+]1-c1ccccc1. The molecule has 0 fully saturated rings. The number of nitrogens with zero attached hydrogens (tertiary/aromatic N) is 1. The molecule has 6 nitrogen and oxygen atoms in total. The number of carbonyl (C=O) groups excluding carboxylic acids is 1. The van der Waals surface area contributed by atoms with Crippen LogP contribution in [-0.2, 0) is 11.2 Å². The smallest absolute Gasteiger partial charge is 0.326 e. The molecule has 2 N–H and O–H groups in total. The first kappa shape index (κ1) is 19.0. The van der Waals surface area contributed by atoms with Crippen molar-refractivity contribution in [1.29, 1.82) is 0 Å². The van der Waals surface area contributed by atoms with E-state index in [0.717, 1.165) is 28.9 Å². The van der Waals surface area contributed by atoms with Gasteiger partial charge in [-0.25, -0.2) is 4.79 Å². The van der Waals surface area contributed by atoms with Crippen molar-refractivity contribution < 1.29 is 14.0 Å². The number of para-hydroxylation sites is 2. The zero-order valence-electron chi connectivity index (χ0n) is 15.3. The summed E-state index contributed by atoms with van der Waals surface area (Å²) in [6.45, 7) is 4.05. The van der Waals surface area contributed by atoms with Crippen LogP contribution in [0.3, 0.4) is 0 Å². The summed E-state index contributed by atoms with van der Waals surface area (Å²) in [6.07, 6.45) is 1.15. The summed E-state index contributed by atoms with van der Waals surface area (Å²) in [5.41, 5.74) is 3.39. The number of hydrogen-bond acceptors (Lipinski definition) is 4. The first-order chi connectivity index (χ1) is 13.1. The predicted molar refractivity (Wildman–Crippen MR) is 105 cm³/mol. The van der Waals surface area contributed by atoms with Crippen molar-refractivity contribution in [1.82, 2.24) is 5.27 Å². The molecule has 1 amide bonds. The van der Waals surface area contributed by atoms with Gasteiger partial charge in [0, 0.05) is 30.0 Å². The van der Waals surface area contributed by atoms with Gasteiger partial charge >= 0.3 is 10.7 Å². The molecule has 0 spiro atoms. The van der Waals surface area contributed by atoms with Crippen LogP contribution >= 0.6 is 11.8 Å². The monoisotopic (exact) mass is 384 g/mol. The minimum absolute atomic E-state index is 0.0716. The Kier molecular flexibility index (Phi) is 6.13. The number of aromatic nitrogens is 2. The largest absolute Gasteiger partial charge is 0.442 e. The van der Waals surface area contributed by atoms with Crippen molar-refractivity contribution in [3.63, 3.8) is 0 Å². The Labute approximate surface area is 161 Å². The summed E-state index contributed by atoms with van der Waals surface area (Å²) in [7, 11) is 0. The van der Waals surface area contributed by atoms with Crippen molar-refractivity contribution in [3.05, 3.63) is 70.1 Å². The maximum absolute atomic E-state index is 12.4. The van der Waals surface area contributed by atoms with Crippen molar-refractivity contribution in [2.45, 2.75) is 31.7 Å². The zero-order valence-corrected chi connectivity index (χ0v) is 16.1. The van der Waals surface area contributed by atoms with Gasteiger partial charge in [-0.2, -0.15) is 0 Å². The molecule has 1 aromatic heterocycles. The van der Waals surface area contributed by atoms with Crippen LogP contribution in [0, 0.1) is 6.92 Å². The molecule has 3 aromatic rings. The highest BCUT2D eigenvalue weighted by molar-refractivity contribution is 7.99. The number of aromatic amines is 1. The topological polar surface area (TPSA) is 79.0 Å². The third-order valence-electron chi connectivity index (χ3n) is 4.19. The Morgan fingerprint density at radius 2 is 1.96 bits per heavy atom. The lowest BCUT2D eigenvalue weighted by atomic mass is 10.1. The lowest BCUT2D eigenvalue weighted by Gasteiger charge is -2.12. The molecule has 27 heavy (non-hydrogen) atoms.